The number of hydrogen-bond acceptors (Lipinski definition) is 5. The molecule has 0 radical (unpaired) electrons. The lowest BCUT2D eigenvalue weighted by molar-refractivity contribution is -0.385. The van der Waals surface area contributed by atoms with Crippen molar-refractivity contribution < 1.29 is 9.72 Å². The number of hydrogen-bond donors (Lipinski definition) is 0. The minimum Gasteiger partial charge on any atom is -0.335 e. The number of amides is 1. The number of nitro benzene ring substituents is 1. The van der Waals surface area contributed by atoms with Crippen molar-refractivity contribution in [3.8, 4) is 5.69 Å². The van der Waals surface area contributed by atoms with E-state index in [-0.39, 0.29) is 17.6 Å². The lowest BCUT2D eigenvalue weighted by atomic mass is 10.0. The first-order chi connectivity index (χ1) is 12.9. The average Bonchev–Trinajstić information content (AvgIpc) is 3.21. The minimum absolute atomic E-state index is 0.0564. The van der Waals surface area contributed by atoms with E-state index in [1.165, 1.54) is 12.4 Å². The summed E-state index contributed by atoms with van der Waals surface area (Å²) in [7, 11) is 1.68. The van der Waals surface area contributed by atoms with Crippen molar-refractivity contribution in [3.05, 3.63) is 81.9 Å². The second-order valence-electron chi connectivity index (χ2n) is 6.28. The van der Waals surface area contributed by atoms with Crippen molar-refractivity contribution in [2.24, 2.45) is 0 Å². The third-order valence-corrected chi connectivity index (χ3v) is 4.61. The summed E-state index contributed by atoms with van der Waals surface area (Å²) in [6.07, 6.45) is 3.07. The van der Waals surface area contributed by atoms with Gasteiger partial charge in [-0.1, -0.05) is 18.2 Å². The van der Waals surface area contributed by atoms with Gasteiger partial charge in [-0.2, -0.15) is 5.10 Å². The predicted molar refractivity (Wildman–Crippen MR) is 99.7 cm³/mol. The Morgan fingerprint density at radius 1 is 1.22 bits per heavy atom. The van der Waals surface area contributed by atoms with Gasteiger partial charge in [-0.3, -0.25) is 14.9 Å². The highest BCUT2D eigenvalue weighted by atomic mass is 16.6. The number of benzene rings is 2. The second kappa shape index (κ2) is 7.36. The largest absolute Gasteiger partial charge is 0.335 e. The molecule has 0 saturated carbocycles. The summed E-state index contributed by atoms with van der Waals surface area (Å²) in [6, 6.07) is 12.0. The number of nitrogens with zero attached hydrogens (tertiary/aromatic N) is 5. The molecule has 1 heterocycles. The number of carbonyl (C=O) groups excluding carboxylic acids is 1. The van der Waals surface area contributed by atoms with E-state index in [9.17, 15) is 14.9 Å². The van der Waals surface area contributed by atoms with Crippen molar-refractivity contribution in [2.75, 3.05) is 7.05 Å². The molecule has 3 rings (SSSR count). The van der Waals surface area contributed by atoms with E-state index in [0.717, 1.165) is 11.3 Å². The van der Waals surface area contributed by atoms with Gasteiger partial charge >= 0.3 is 0 Å². The molecule has 0 aliphatic heterocycles. The Bertz CT molecular complexity index is 968. The van der Waals surface area contributed by atoms with Crippen LogP contribution in [0.3, 0.4) is 0 Å². The molecule has 0 bridgehead atoms. The highest BCUT2D eigenvalue weighted by molar-refractivity contribution is 5.95. The Kier molecular flexibility index (Phi) is 4.98. The molecule has 1 atom stereocenters. The zero-order valence-electron chi connectivity index (χ0n) is 15.2. The SMILES string of the molecule is Cc1ccc(C(=O)N(C)[C@@H](C)c2ccc(-n3cncn3)cc2)cc1[N+](=O)[O-]. The maximum absolute atomic E-state index is 12.8. The molecule has 1 aromatic heterocycles. The molecule has 0 aliphatic rings. The zero-order valence-corrected chi connectivity index (χ0v) is 15.2. The van der Waals surface area contributed by atoms with Crippen molar-refractivity contribution >= 4 is 11.6 Å². The molecule has 1 amide bonds. The standard InChI is InChI=1S/C19H19N5O3/c1-13-4-5-16(10-18(13)24(26)27)19(25)22(3)14(2)15-6-8-17(9-7-15)23-12-20-11-21-23/h4-12,14H,1-3H3/t14-/m0/s1. The van der Waals surface area contributed by atoms with Crippen molar-refractivity contribution in [3.63, 3.8) is 0 Å². The second-order valence-corrected chi connectivity index (χ2v) is 6.28. The summed E-state index contributed by atoms with van der Waals surface area (Å²) in [6.45, 7) is 3.56. The van der Waals surface area contributed by atoms with Crippen molar-refractivity contribution in [1.29, 1.82) is 0 Å². The maximum atomic E-state index is 12.8. The van der Waals surface area contributed by atoms with E-state index < -0.39 is 4.92 Å². The van der Waals surface area contributed by atoms with Gasteiger partial charge in [-0.15, -0.1) is 0 Å². The fraction of sp³-hybridized carbons (Fsp3) is 0.211. The molecule has 138 valence electrons. The summed E-state index contributed by atoms with van der Waals surface area (Å²) in [5.74, 6) is -0.272. The van der Waals surface area contributed by atoms with Gasteiger partial charge in [0, 0.05) is 24.2 Å². The Morgan fingerprint density at radius 2 is 1.93 bits per heavy atom. The lowest BCUT2D eigenvalue weighted by Gasteiger charge is -2.25. The van der Waals surface area contributed by atoms with Crippen LogP contribution in [-0.4, -0.2) is 37.5 Å². The van der Waals surface area contributed by atoms with E-state index >= 15 is 0 Å². The van der Waals surface area contributed by atoms with Gasteiger partial charge in [0.25, 0.3) is 11.6 Å². The molecule has 8 nitrogen and oxygen atoms in total. The van der Waals surface area contributed by atoms with Crippen LogP contribution in [0.25, 0.3) is 5.69 Å². The van der Waals surface area contributed by atoms with Crippen LogP contribution in [0.4, 0.5) is 5.69 Å². The molecule has 0 spiro atoms. The number of nitro groups is 1. The Morgan fingerprint density at radius 3 is 2.52 bits per heavy atom. The van der Waals surface area contributed by atoms with Gasteiger partial charge < -0.3 is 4.90 Å². The zero-order chi connectivity index (χ0) is 19.6. The van der Waals surface area contributed by atoms with Gasteiger partial charge in [0.2, 0.25) is 0 Å². The Hall–Kier alpha value is -3.55. The van der Waals surface area contributed by atoms with E-state index in [1.807, 2.05) is 31.2 Å². The normalized spacial score (nSPS) is 11.8. The average molecular weight is 365 g/mol. The monoisotopic (exact) mass is 365 g/mol. The first-order valence-electron chi connectivity index (χ1n) is 8.35. The van der Waals surface area contributed by atoms with E-state index in [0.29, 0.717) is 11.1 Å². The third kappa shape index (κ3) is 3.69. The van der Waals surface area contributed by atoms with Gasteiger partial charge in [-0.25, -0.2) is 9.67 Å². The Balaban J connectivity index is 1.80. The maximum Gasteiger partial charge on any atom is 0.273 e. The van der Waals surface area contributed by atoms with Gasteiger partial charge in [0.1, 0.15) is 12.7 Å². The number of carbonyl (C=O) groups is 1. The summed E-state index contributed by atoms with van der Waals surface area (Å²) in [4.78, 5) is 28.9. The van der Waals surface area contributed by atoms with Gasteiger partial charge in [0.15, 0.2) is 0 Å². The third-order valence-electron chi connectivity index (χ3n) is 4.61. The van der Waals surface area contributed by atoms with Crippen LogP contribution in [0.2, 0.25) is 0 Å². The lowest BCUT2D eigenvalue weighted by Crippen LogP contribution is -2.29. The number of aromatic nitrogens is 3. The van der Waals surface area contributed by atoms with Gasteiger partial charge in [0.05, 0.1) is 16.7 Å². The van der Waals surface area contributed by atoms with E-state index in [1.54, 1.807) is 42.0 Å². The smallest absolute Gasteiger partial charge is 0.273 e. The molecule has 8 heteroatoms. The van der Waals surface area contributed by atoms with Crippen LogP contribution in [-0.2, 0) is 0 Å². The quantitative estimate of drug-likeness (QED) is 0.511. The van der Waals surface area contributed by atoms with E-state index in [4.69, 9.17) is 0 Å². The number of aryl methyl sites for hydroxylation is 1. The highest BCUT2D eigenvalue weighted by Gasteiger charge is 2.21. The molecule has 27 heavy (non-hydrogen) atoms. The Labute approximate surface area is 156 Å². The molecular weight excluding hydrogens is 346 g/mol. The minimum atomic E-state index is -0.474. The van der Waals surface area contributed by atoms with Crippen LogP contribution >= 0.6 is 0 Å². The fourth-order valence-electron chi connectivity index (χ4n) is 2.79. The van der Waals surface area contributed by atoms with Crippen LogP contribution in [0.1, 0.15) is 34.5 Å². The fourth-order valence-corrected chi connectivity index (χ4v) is 2.79. The molecule has 0 N–H and O–H groups in total. The summed E-state index contributed by atoms with van der Waals surface area (Å²) < 4.78 is 1.65. The van der Waals surface area contributed by atoms with E-state index in [2.05, 4.69) is 10.1 Å². The first-order valence-corrected chi connectivity index (χ1v) is 8.35. The molecule has 2 aromatic carbocycles. The molecule has 0 unspecified atom stereocenters. The number of rotatable bonds is 5. The predicted octanol–water partition coefficient (Wildman–Crippen LogP) is 3.32. The highest BCUT2D eigenvalue weighted by Crippen LogP contribution is 2.24. The topological polar surface area (TPSA) is 94.2 Å². The molecule has 0 saturated heterocycles. The van der Waals surface area contributed by atoms with Crippen LogP contribution in [0.5, 0.6) is 0 Å². The van der Waals surface area contributed by atoms with Crippen LogP contribution < -0.4 is 0 Å². The van der Waals surface area contributed by atoms with Crippen LogP contribution in [0.15, 0.2) is 55.1 Å². The molecule has 3 aromatic rings. The molecular formula is C19H19N5O3. The summed E-state index contributed by atoms with van der Waals surface area (Å²) in [5, 5.41) is 15.2. The summed E-state index contributed by atoms with van der Waals surface area (Å²) in [5.41, 5.74) is 2.57. The van der Waals surface area contributed by atoms with Gasteiger partial charge in [-0.05, 0) is 37.6 Å². The molecule has 0 fully saturated rings. The summed E-state index contributed by atoms with van der Waals surface area (Å²) >= 11 is 0. The van der Waals surface area contributed by atoms with Crippen molar-refractivity contribution in [1.82, 2.24) is 19.7 Å². The van der Waals surface area contributed by atoms with Crippen molar-refractivity contribution in [2.45, 2.75) is 19.9 Å². The van der Waals surface area contributed by atoms with Crippen LogP contribution in [0, 0.1) is 17.0 Å². The molecule has 0 aliphatic carbocycles. The first kappa shape index (κ1) is 18.2.